The zero-order valence-electron chi connectivity index (χ0n) is 13.1. The Bertz CT molecular complexity index is 372. The number of hydrogen-bond donors (Lipinski definition) is 2. The summed E-state index contributed by atoms with van der Waals surface area (Å²) < 4.78 is 0. The van der Waals surface area contributed by atoms with Gasteiger partial charge in [-0.1, -0.05) is 13.3 Å². The van der Waals surface area contributed by atoms with Crippen molar-refractivity contribution in [2.75, 3.05) is 26.2 Å². The van der Waals surface area contributed by atoms with Gasteiger partial charge >= 0.3 is 5.97 Å². The van der Waals surface area contributed by atoms with E-state index in [-0.39, 0.29) is 23.7 Å². The summed E-state index contributed by atoms with van der Waals surface area (Å²) in [5.41, 5.74) is -0.252. The maximum atomic E-state index is 13.0. The normalized spacial score (nSPS) is 30.1. The van der Waals surface area contributed by atoms with Crippen LogP contribution in [-0.4, -0.2) is 48.1 Å². The van der Waals surface area contributed by atoms with Gasteiger partial charge in [-0.25, -0.2) is 0 Å². The maximum absolute atomic E-state index is 13.0. The molecule has 21 heavy (non-hydrogen) atoms. The second-order valence-electron chi connectivity index (χ2n) is 6.67. The Balaban J connectivity index is 2.03. The largest absolute Gasteiger partial charge is 0.481 e. The average molecular weight is 296 g/mol. The molecule has 2 unspecified atom stereocenters. The molecule has 2 heterocycles. The number of rotatable bonds is 5. The summed E-state index contributed by atoms with van der Waals surface area (Å²) in [6.45, 7) is 5.32. The van der Waals surface area contributed by atoms with Crippen LogP contribution >= 0.6 is 0 Å². The molecular weight excluding hydrogens is 268 g/mol. The zero-order chi connectivity index (χ0) is 15.3. The fourth-order valence-electron chi connectivity index (χ4n) is 3.95. The van der Waals surface area contributed by atoms with Gasteiger partial charge in [0.1, 0.15) is 0 Å². The van der Waals surface area contributed by atoms with Crippen LogP contribution in [0.1, 0.15) is 51.9 Å². The lowest BCUT2D eigenvalue weighted by Crippen LogP contribution is -2.54. The molecule has 2 aliphatic rings. The van der Waals surface area contributed by atoms with E-state index in [4.69, 9.17) is 5.11 Å². The Morgan fingerprint density at radius 2 is 2.19 bits per heavy atom. The minimum atomic E-state index is -0.753. The van der Waals surface area contributed by atoms with E-state index in [9.17, 15) is 9.59 Å². The number of carboxylic acid groups (broad SMARTS) is 1. The van der Waals surface area contributed by atoms with E-state index in [1.54, 1.807) is 0 Å². The van der Waals surface area contributed by atoms with Gasteiger partial charge in [-0.3, -0.25) is 9.59 Å². The molecule has 0 spiro atoms. The fourth-order valence-corrected chi connectivity index (χ4v) is 3.95. The SMILES string of the molecule is CCCC1(C(=O)N2CCCC(CC(=O)O)C2)CCCNC1. The highest BCUT2D eigenvalue weighted by atomic mass is 16.4. The predicted molar refractivity (Wildman–Crippen MR) is 81.0 cm³/mol. The van der Waals surface area contributed by atoms with Crippen LogP contribution in [0.5, 0.6) is 0 Å². The summed E-state index contributed by atoms with van der Waals surface area (Å²) in [6.07, 6.45) is 6.00. The van der Waals surface area contributed by atoms with Crippen LogP contribution in [0.4, 0.5) is 0 Å². The Labute approximate surface area is 127 Å². The van der Waals surface area contributed by atoms with Crippen LogP contribution in [0.3, 0.4) is 0 Å². The first kappa shape index (κ1) is 16.3. The summed E-state index contributed by atoms with van der Waals surface area (Å²) in [5.74, 6) is -0.376. The molecule has 0 aromatic heterocycles. The van der Waals surface area contributed by atoms with E-state index in [0.717, 1.165) is 58.2 Å². The number of nitrogens with zero attached hydrogens (tertiary/aromatic N) is 1. The first-order chi connectivity index (χ1) is 10.1. The number of amides is 1. The molecule has 2 aliphatic heterocycles. The van der Waals surface area contributed by atoms with Crippen molar-refractivity contribution in [2.45, 2.75) is 51.9 Å². The van der Waals surface area contributed by atoms with Crippen molar-refractivity contribution in [3.05, 3.63) is 0 Å². The lowest BCUT2D eigenvalue weighted by Gasteiger charge is -2.42. The second kappa shape index (κ2) is 7.25. The fraction of sp³-hybridized carbons (Fsp3) is 0.875. The standard InChI is InChI=1S/C16H28N2O3/c1-2-6-16(7-4-8-17-12-16)15(21)18-9-3-5-13(11-18)10-14(19)20/h13,17H,2-12H2,1H3,(H,19,20). The number of nitrogens with one attached hydrogen (secondary N) is 1. The number of hydrogen-bond acceptors (Lipinski definition) is 3. The molecule has 0 bridgehead atoms. The topological polar surface area (TPSA) is 69.6 Å². The first-order valence-corrected chi connectivity index (χ1v) is 8.29. The summed E-state index contributed by atoms with van der Waals surface area (Å²) in [5, 5.41) is 12.3. The Morgan fingerprint density at radius 3 is 2.81 bits per heavy atom. The van der Waals surface area contributed by atoms with Gasteiger partial charge in [0.15, 0.2) is 0 Å². The monoisotopic (exact) mass is 296 g/mol. The van der Waals surface area contributed by atoms with Crippen molar-refractivity contribution < 1.29 is 14.7 Å². The summed E-state index contributed by atoms with van der Waals surface area (Å²) in [7, 11) is 0. The van der Waals surface area contributed by atoms with Gasteiger partial charge in [-0.15, -0.1) is 0 Å². The van der Waals surface area contributed by atoms with Crippen LogP contribution in [-0.2, 0) is 9.59 Å². The van der Waals surface area contributed by atoms with Gasteiger partial charge in [0, 0.05) is 26.1 Å². The summed E-state index contributed by atoms with van der Waals surface area (Å²) in [4.78, 5) is 25.9. The molecule has 0 radical (unpaired) electrons. The third-order valence-electron chi connectivity index (χ3n) is 4.92. The van der Waals surface area contributed by atoms with Crippen LogP contribution in [0, 0.1) is 11.3 Å². The van der Waals surface area contributed by atoms with E-state index in [1.165, 1.54) is 0 Å². The number of likely N-dealkylation sites (tertiary alicyclic amines) is 1. The van der Waals surface area contributed by atoms with Crippen molar-refractivity contribution in [2.24, 2.45) is 11.3 Å². The van der Waals surface area contributed by atoms with E-state index in [0.29, 0.717) is 6.54 Å². The Hall–Kier alpha value is -1.10. The van der Waals surface area contributed by atoms with E-state index < -0.39 is 5.97 Å². The third-order valence-corrected chi connectivity index (χ3v) is 4.92. The van der Waals surface area contributed by atoms with E-state index in [1.807, 2.05) is 4.90 Å². The molecular formula is C16H28N2O3. The van der Waals surface area contributed by atoms with Gasteiger partial charge in [0.2, 0.25) is 5.91 Å². The lowest BCUT2D eigenvalue weighted by molar-refractivity contribution is -0.147. The Kier molecular flexibility index (Phi) is 5.62. The predicted octanol–water partition coefficient (Wildman–Crippen LogP) is 1.87. The third kappa shape index (κ3) is 3.96. The van der Waals surface area contributed by atoms with Gasteiger partial charge in [-0.2, -0.15) is 0 Å². The first-order valence-electron chi connectivity index (χ1n) is 8.29. The van der Waals surface area contributed by atoms with E-state index >= 15 is 0 Å². The highest BCUT2D eigenvalue weighted by molar-refractivity contribution is 5.83. The van der Waals surface area contributed by atoms with Crippen molar-refractivity contribution in [1.29, 1.82) is 0 Å². The number of aliphatic carboxylic acids is 1. The number of carboxylic acids is 1. The molecule has 2 fully saturated rings. The zero-order valence-corrected chi connectivity index (χ0v) is 13.1. The van der Waals surface area contributed by atoms with Crippen molar-refractivity contribution >= 4 is 11.9 Å². The molecule has 1 amide bonds. The van der Waals surface area contributed by atoms with Gasteiger partial charge < -0.3 is 15.3 Å². The number of carbonyl (C=O) groups excluding carboxylic acids is 1. The van der Waals surface area contributed by atoms with Crippen LogP contribution in [0.15, 0.2) is 0 Å². The average Bonchev–Trinajstić information content (AvgIpc) is 2.47. The molecule has 0 aromatic carbocycles. The molecule has 0 aliphatic carbocycles. The minimum Gasteiger partial charge on any atom is -0.481 e. The van der Waals surface area contributed by atoms with Crippen molar-refractivity contribution in [3.8, 4) is 0 Å². The molecule has 2 rings (SSSR count). The van der Waals surface area contributed by atoms with Crippen LogP contribution in [0.25, 0.3) is 0 Å². The van der Waals surface area contributed by atoms with Gasteiger partial charge in [0.05, 0.1) is 5.41 Å². The smallest absolute Gasteiger partial charge is 0.303 e. The van der Waals surface area contributed by atoms with E-state index in [2.05, 4.69) is 12.2 Å². The van der Waals surface area contributed by atoms with Crippen LogP contribution in [0.2, 0.25) is 0 Å². The summed E-state index contributed by atoms with van der Waals surface area (Å²) in [6, 6.07) is 0. The molecule has 5 heteroatoms. The van der Waals surface area contributed by atoms with Crippen molar-refractivity contribution in [3.63, 3.8) is 0 Å². The molecule has 2 saturated heterocycles. The molecule has 0 aromatic rings. The minimum absolute atomic E-state index is 0.121. The molecule has 120 valence electrons. The Morgan fingerprint density at radius 1 is 1.38 bits per heavy atom. The summed E-state index contributed by atoms with van der Waals surface area (Å²) >= 11 is 0. The number of carbonyl (C=O) groups is 2. The van der Waals surface area contributed by atoms with Crippen molar-refractivity contribution in [1.82, 2.24) is 10.2 Å². The molecule has 2 N–H and O–H groups in total. The maximum Gasteiger partial charge on any atom is 0.303 e. The second-order valence-corrected chi connectivity index (χ2v) is 6.67. The van der Waals surface area contributed by atoms with Gasteiger partial charge in [-0.05, 0) is 44.6 Å². The van der Waals surface area contributed by atoms with Gasteiger partial charge in [0.25, 0.3) is 0 Å². The molecule has 0 saturated carbocycles. The quantitative estimate of drug-likeness (QED) is 0.812. The molecule has 2 atom stereocenters. The highest BCUT2D eigenvalue weighted by Gasteiger charge is 2.42. The molecule has 5 nitrogen and oxygen atoms in total. The van der Waals surface area contributed by atoms with Crippen LogP contribution < -0.4 is 5.32 Å². The highest BCUT2D eigenvalue weighted by Crippen LogP contribution is 2.35. The number of piperidine rings is 2. The lowest BCUT2D eigenvalue weighted by atomic mass is 9.75.